The maximum atomic E-state index is 15.0. The molecule has 0 saturated heterocycles. The van der Waals surface area contributed by atoms with Gasteiger partial charge in [0.25, 0.3) is 11.8 Å². The summed E-state index contributed by atoms with van der Waals surface area (Å²) >= 11 is 0. The van der Waals surface area contributed by atoms with Crippen LogP contribution in [0.25, 0.3) is 11.3 Å². The fraction of sp³-hybridized carbons (Fsp3) is 0.463. The number of hydrogen-bond acceptors (Lipinski definition) is 8. The van der Waals surface area contributed by atoms with Gasteiger partial charge in [-0.3, -0.25) is 28.9 Å². The number of carbonyl (C=O) groups excluding carboxylic acids is 5. The largest absolute Gasteiger partial charge is 0.387 e. The second-order valence-corrected chi connectivity index (χ2v) is 15.0. The highest BCUT2D eigenvalue weighted by Gasteiger charge is 2.39. The van der Waals surface area contributed by atoms with Crippen molar-refractivity contribution < 1.29 is 37.9 Å². The van der Waals surface area contributed by atoms with E-state index < -0.39 is 65.4 Å². The number of nitrogens with zero attached hydrogens (tertiary/aromatic N) is 4. The van der Waals surface area contributed by atoms with E-state index in [0.29, 0.717) is 31.8 Å². The van der Waals surface area contributed by atoms with E-state index in [0.717, 1.165) is 60.1 Å². The van der Waals surface area contributed by atoms with Crippen LogP contribution in [0.3, 0.4) is 0 Å². The van der Waals surface area contributed by atoms with Gasteiger partial charge < -0.3 is 25.6 Å². The topological polar surface area (TPSA) is 168 Å². The van der Waals surface area contributed by atoms with Crippen molar-refractivity contribution in [3.05, 3.63) is 89.9 Å². The number of unbranched alkanes of at least 4 members (excludes halogenated alkanes) is 4. The number of nitrogens with one attached hydrogen (secondary N) is 1. The molecule has 1 aromatic heterocycles. The molecule has 14 heteroatoms. The van der Waals surface area contributed by atoms with E-state index in [9.17, 15) is 37.9 Å². The van der Waals surface area contributed by atoms with E-state index in [4.69, 9.17) is 10.7 Å². The van der Waals surface area contributed by atoms with Crippen LogP contribution in [-0.2, 0) is 30.5 Å². The number of aromatic nitrogens is 2. The number of Topliss-reactive ketones (excluding diaryl/α,β-unsaturated/α-hetero) is 1. The Morgan fingerprint density at radius 2 is 1.62 bits per heavy atom. The molecule has 0 bridgehead atoms. The molecule has 0 radical (unpaired) electrons. The Morgan fingerprint density at radius 3 is 2.27 bits per heavy atom. The standard InChI is InChI=1S/C41H52F2N6O6/c1-27(49-35(52)18-19-36(49)53)34(51)15-11-6-5-7-12-21-45-40(55)32(44)20-22-48(37(54)26-50)38(41(2,3)4)39-46-33(30-23-29(42)16-17-31(30)43)25-47(39)24-28-13-9-8-10-14-28/h8-10,13-14,16-19,23,25,27,32,38,50H,5-7,11-12,15,20-22,24,26,44H2,1-4H3,(H,45,55)/t27-,32+,38+/m1/s1. The molecule has 4 N–H and O–H groups in total. The lowest BCUT2D eigenvalue weighted by Crippen LogP contribution is -2.47. The number of aliphatic hydroxyl groups excluding tert-OH is 1. The number of rotatable bonds is 20. The average molecular weight is 763 g/mol. The van der Waals surface area contributed by atoms with Crippen LogP contribution >= 0.6 is 0 Å². The molecule has 1 aliphatic rings. The Morgan fingerprint density at radius 1 is 0.964 bits per heavy atom. The molecule has 3 aromatic rings. The van der Waals surface area contributed by atoms with E-state index in [1.54, 1.807) is 17.7 Å². The first-order valence-corrected chi connectivity index (χ1v) is 18.7. The van der Waals surface area contributed by atoms with Crippen molar-refractivity contribution in [3.8, 4) is 11.3 Å². The molecule has 55 heavy (non-hydrogen) atoms. The van der Waals surface area contributed by atoms with E-state index in [-0.39, 0.29) is 36.4 Å². The van der Waals surface area contributed by atoms with Gasteiger partial charge in [-0.15, -0.1) is 0 Å². The Hall–Kier alpha value is -5.08. The number of ketones is 1. The number of benzene rings is 2. The molecule has 296 valence electrons. The van der Waals surface area contributed by atoms with Gasteiger partial charge in [0.2, 0.25) is 11.8 Å². The number of nitrogens with two attached hydrogens (primary N) is 1. The first kappa shape index (κ1) is 42.7. The van der Waals surface area contributed by atoms with Gasteiger partial charge in [0, 0.05) is 50.0 Å². The van der Waals surface area contributed by atoms with E-state index in [1.807, 2.05) is 51.1 Å². The molecule has 3 atom stereocenters. The molecule has 4 rings (SSSR count). The normalized spacial score (nSPS) is 14.6. The van der Waals surface area contributed by atoms with Crippen molar-refractivity contribution in [3.63, 3.8) is 0 Å². The van der Waals surface area contributed by atoms with Crippen molar-refractivity contribution in [1.29, 1.82) is 0 Å². The number of imidazole rings is 1. The molecule has 0 unspecified atom stereocenters. The van der Waals surface area contributed by atoms with Gasteiger partial charge >= 0.3 is 0 Å². The van der Waals surface area contributed by atoms with Crippen molar-refractivity contribution in [1.82, 2.24) is 24.7 Å². The molecule has 1 aliphatic heterocycles. The van der Waals surface area contributed by atoms with E-state index in [2.05, 4.69) is 5.32 Å². The molecule has 4 amide bonds. The second kappa shape index (κ2) is 19.5. The number of amides is 4. The summed E-state index contributed by atoms with van der Waals surface area (Å²) < 4.78 is 31.0. The zero-order chi connectivity index (χ0) is 40.3. The predicted octanol–water partition coefficient (Wildman–Crippen LogP) is 4.84. The summed E-state index contributed by atoms with van der Waals surface area (Å²) in [7, 11) is 0. The van der Waals surface area contributed by atoms with Gasteiger partial charge in [-0.2, -0.15) is 0 Å². The molecule has 0 aliphatic carbocycles. The van der Waals surface area contributed by atoms with Crippen molar-refractivity contribution in [2.45, 2.75) is 97.3 Å². The van der Waals surface area contributed by atoms with Crippen LogP contribution in [0.15, 0.2) is 66.9 Å². The predicted molar refractivity (Wildman–Crippen MR) is 203 cm³/mol. The van der Waals surface area contributed by atoms with Crippen LogP contribution in [0, 0.1) is 17.0 Å². The Bertz CT molecular complexity index is 1840. The lowest BCUT2D eigenvalue weighted by atomic mass is 9.84. The lowest BCUT2D eigenvalue weighted by Gasteiger charge is -2.40. The van der Waals surface area contributed by atoms with Crippen molar-refractivity contribution >= 4 is 29.4 Å². The summed E-state index contributed by atoms with van der Waals surface area (Å²) in [5, 5.41) is 12.9. The Kier molecular flexibility index (Phi) is 15.1. The zero-order valence-corrected chi connectivity index (χ0v) is 32.0. The quantitative estimate of drug-likeness (QED) is 0.109. The van der Waals surface area contributed by atoms with Gasteiger partial charge in [0.15, 0.2) is 5.78 Å². The summed E-state index contributed by atoms with van der Waals surface area (Å²) in [6, 6.07) is 10.1. The molecule has 0 saturated carbocycles. The minimum absolute atomic E-state index is 0.00566. The average Bonchev–Trinajstić information content (AvgIpc) is 3.71. The smallest absolute Gasteiger partial charge is 0.254 e. The lowest BCUT2D eigenvalue weighted by molar-refractivity contribution is -0.144. The van der Waals surface area contributed by atoms with Crippen LogP contribution in [0.5, 0.6) is 0 Å². The maximum absolute atomic E-state index is 15.0. The summed E-state index contributed by atoms with van der Waals surface area (Å²) in [5.74, 6) is -3.00. The third-order valence-electron chi connectivity index (χ3n) is 9.65. The number of hydrogen-bond donors (Lipinski definition) is 3. The third-order valence-corrected chi connectivity index (χ3v) is 9.65. The minimum atomic E-state index is -0.965. The maximum Gasteiger partial charge on any atom is 0.254 e. The van der Waals surface area contributed by atoms with Gasteiger partial charge in [-0.25, -0.2) is 13.8 Å². The molecular weight excluding hydrogens is 710 g/mol. The zero-order valence-electron chi connectivity index (χ0n) is 32.0. The fourth-order valence-corrected chi connectivity index (χ4v) is 6.71. The fourth-order valence-electron chi connectivity index (χ4n) is 6.71. The molecular formula is C41H52F2N6O6. The Labute approximate surface area is 320 Å². The number of imide groups is 1. The highest BCUT2D eigenvalue weighted by molar-refractivity contribution is 6.15. The van der Waals surface area contributed by atoms with Crippen LogP contribution in [0.1, 0.15) is 90.1 Å². The van der Waals surface area contributed by atoms with Gasteiger partial charge in [0.1, 0.15) is 24.1 Å². The SMILES string of the molecule is C[C@H](C(=O)CCCCCCCNC(=O)[C@@H](N)CCN(C(=O)CO)[C@@H](c1nc(-c2cc(F)ccc2F)cn1Cc1ccccc1)C(C)(C)C)N1C(=O)C=CC1=O. The molecule has 2 aromatic carbocycles. The summed E-state index contributed by atoms with van der Waals surface area (Å²) in [5.41, 5.74) is 6.68. The highest BCUT2D eigenvalue weighted by atomic mass is 19.1. The molecule has 12 nitrogen and oxygen atoms in total. The van der Waals surface area contributed by atoms with Crippen LogP contribution in [0.2, 0.25) is 0 Å². The number of halogens is 2. The van der Waals surface area contributed by atoms with E-state index >= 15 is 0 Å². The minimum Gasteiger partial charge on any atom is -0.387 e. The van der Waals surface area contributed by atoms with Crippen molar-refractivity contribution in [2.75, 3.05) is 19.7 Å². The van der Waals surface area contributed by atoms with E-state index in [1.165, 1.54) is 4.90 Å². The number of carbonyl (C=O) groups is 5. The van der Waals surface area contributed by atoms with Gasteiger partial charge in [0.05, 0.1) is 23.8 Å². The molecule has 0 fully saturated rings. The molecule has 2 heterocycles. The van der Waals surface area contributed by atoms with Crippen LogP contribution in [-0.4, -0.2) is 85.6 Å². The van der Waals surface area contributed by atoms with Gasteiger partial charge in [-0.1, -0.05) is 70.4 Å². The first-order chi connectivity index (χ1) is 26.1. The van der Waals surface area contributed by atoms with Crippen LogP contribution < -0.4 is 11.1 Å². The Balaban J connectivity index is 1.36. The van der Waals surface area contributed by atoms with Crippen molar-refractivity contribution in [2.24, 2.45) is 11.1 Å². The monoisotopic (exact) mass is 762 g/mol. The number of aliphatic hydroxyl groups is 1. The highest BCUT2D eigenvalue weighted by Crippen LogP contribution is 2.39. The summed E-state index contributed by atoms with van der Waals surface area (Å²) in [6.45, 7) is 7.17. The molecule has 0 spiro atoms. The van der Waals surface area contributed by atoms with Crippen LogP contribution in [0.4, 0.5) is 8.78 Å². The van der Waals surface area contributed by atoms with Gasteiger partial charge in [-0.05, 0) is 55.4 Å². The second-order valence-electron chi connectivity index (χ2n) is 15.0. The summed E-state index contributed by atoms with van der Waals surface area (Å²) in [4.78, 5) is 69.7. The third kappa shape index (κ3) is 11.5. The summed E-state index contributed by atoms with van der Waals surface area (Å²) in [6.07, 6.45) is 8.00. The first-order valence-electron chi connectivity index (χ1n) is 18.7.